The number of carbonyl (C=O) groups is 4. The highest BCUT2D eigenvalue weighted by atomic mass is 16.5. The van der Waals surface area contributed by atoms with E-state index in [4.69, 9.17) is 14.9 Å². The van der Waals surface area contributed by atoms with E-state index in [2.05, 4.69) is 67.0 Å². The summed E-state index contributed by atoms with van der Waals surface area (Å²) in [6, 6.07) is -1.39. The van der Waals surface area contributed by atoms with Crippen molar-refractivity contribution in [2.24, 2.45) is 0 Å². The van der Waals surface area contributed by atoms with E-state index in [0.29, 0.717) is 12.8 Å². The van der Waals surface area contributed by atoms with Gasteiger partial charge in [0.2, 0.25) is 11.8 Å². The Morgan fingerprint density at radius 2 is 1.00 bits per heavy atom. The lowest BCUT2D eigenvalue weighted by Crippen LogP contribution is -2.47. The summed E-state index contributed by atoms with van der Waals surface area (Å²) in [5.41, 5.74) is 0. The fourth-order valence-electron chi connectivity index (χ4n) is 6.46. The van der Waals surface area contributed by atoms with E-state index in [9.17, 15) is 19.2 Å². The van der Waals surface area contributed by atoms with Gasteiger partial charge in [-0.05, 0) is 83.1 Å². The molecule has 9 nitrogen and oxygen atoms in total. The molecule has 9 heteroatoms. The number of amides is 2. The number of allylic oxidation sites excluding steroid dienone is 7. The summed E-state index contributed by atoms with van der Waals surface area (Å²) in [4.78, 5) is 47.6. The largest absolute Gasteiger partial charge is 0.480 e. The molecule has 57 heavy (non-hydrogen) atoms. The summed E-state index contributed by atoms with van der Waals surface area (Å²) >= 11 is 0. The Labute approximate surface area is 348 Å². The Hall–Kier alpha value is -3.20. The molecule has 2 amide bonds. The smallest absolute Gasteiger partial charge is 0.328 e. The molecule has 0 heterocycles. The van der Waals surface area contributed by atoms with Crippen LogP contribution in [0.3, 0.4) is 0 Å². The molecule has 0 aromatic carbocycles. The zero-order valence-electron chi connectivity index (χ0n) is 36.3. The number of esters is 1. The van der Waals surface area contributed by atoms with Gasteiger partial charge in [0.1, 0.15) is 12.1 Å². The van der Waals surface area contributed by atoms with Crippen LogP contribution in [-0.2, 0) is 23.9 Å². The molecule has 0 rings (SSSR count). The maximum absolute atomic E-state index is 12.8. The minimum absolute atomic E-state index is 0.119. The maximum Gasteiger partial charge on any atom is 0.328 e. The highest BCUT2D eigenvalue weighted by molar-refractivity contribution is 5.87. The van der Waals surface area contributed by atoms with Crippen LogP contribution in [0.15, 0.2) is 48.6 Å². The number of carbonyl (C=O) groups excluding carboxylic acids is 3. The van der Waals surface area contributed by atoms with E-state index in [1.807, 2.05) is 6.08 Å². The van der Waals surface area contributed by atoms with Gasteiger partial charge in [-0.3, -0.25) is 14.4 Å². The summed E-state index contributed by atoms with van der Waals surface area (Å²) in [7, 11) is 0. The van der Waals surface area contributed by atoms with Crippen LogP contribution in [0.25, 0.3) is 0 Å². The Kier molecular flexibility index (Phi) is 40.0. The van der Waals surface area contributed by atoms with E-state index in [0.717, 1.165) is 64.2 Å². The first-order valence-corrected chi connectivity index (χ1v) is 23.0. The summed E-state index contributed by atoms with van der Waals surface area (Å²) in [5.74, 6) is -2.39. The van der Waals surface area contributed by atoms with Crippen molar-refractivity contribution in [3.8, 4) is 0 Å². The Morgan fingerprint density at radius 3 is 1.58 bits per heavy atom. The first kappa shape index (κ1) is 53.8. The normalized spacial score (nSPS) is 12.9. The fourth-order valence-corrected chi connectivity index (χ4v) is 6.46. The summed E-state index contributed by atoms with van der Waals surface area (Å²) in [6.45, 7) is 3.44. The van der Waals surface area contributed by atoms with Crippen LogP contribution in [0.4, 0.5) is 0 Å². The third-order valence-corrected chi connectivity index (χ3v) is 10.0. The number of carboxylic acids is 1. The van der Waals surface area contributed by atoms with E-state index in [1.54, 1.807) is 0 Å². The van der Waals surface area contributed by atoms with Crippen LogP contribution in [0, 0.1) is 0 Å². The number of aliphatic hydroxyl groups is 1. The molecule has 2 atom stereocenters. The predicted octanol–water partition coefficient (Wildman–Crippen LogP) is 11.5. The van der Waals surface area contributed by atoms with Crippen LogP contribution in [-0.4, -0.2) is 59.3 Å². The zero-order chi connectivity index (χ0) is 41.9. The van der Waals surface area contributed by atoms with Crippen LogP contribution in [0.2, 0.25) is 0 Å². The quantitative estimate of drug-likeness (QED) is 0.0274. The summed E-state index contributed by atoms with van der Waals surface area (Å²) in [6.07, 6.45) is 50.1. The molecule has 0 aliphatic heterocycles. The number of hydrogen-bond donors (Lipinski definition) is 4. The predicted molar refractivity (Wildman–Crippen MR) is 236 cm³/mol. The number of ether oxygens (including phenoxy) is 1. The van der Waals surface area contributed by atoms with Crippen molar-refractivity contribution in [1.29, 1.82) is 0 Å². The maximum atomic E-state index is 12.8. The number of aliphatic carboxylic acids is 1. The second-order valence-electron chi connectivity index (χ2n) is 15.5. The van der Waals surface area contributed by atoms with E-state index in [1.165, 1.54) is 109 Å². The third kappa shape index (κ3) is 39.4. The average molecular weight is 801 g/mol. The molecule has 328 valence electrons. The van der Waals surface area contributed by atoms with Gasteiger partial charge in [0.05, 0.1) is 13.2 Å². The minimum Gasteiger partial charge on any atom is -0.480 e. The van der Waals surface area contributed by atoms with Gasteiger partial charge in [0.15, 0.2) is 0 Å². The van der Waals surface area contributed by atoms with E-state index in [-0.39, 0.29) is 30.9 Å². The van der Waals surface area contributed by atoms with Crippen LogP contribution in [0.1, 0.15) is 206 Å². The number of aliphatic hydroxyl groups excluding tert-OH is 1. The SMILES string of the molecule is CCCCC/C=C\C/C=C\C/C=C\C(CCCCCCCC(=O)NCC(=O)NC(CO)C(=O)O)OC(=O)CCCCCCCCC/C=C\CCCCCCCCC. The number of carboxylic acid groups (broad SMARTS) is 1. The highest BCUT2D eigenvalue weighted by Gasteiger charge is 2.18. The van der Waals surface area contributed by atoms with Gasteiger partial charge >= 0.3 is 11.9 Å². The van der Waals surface area contributed by atoms with Gasteiger partial charge in [0, 0.05) is 12.8 Å². The lowest BCUT2D eigenvalue weighted by atomic mass is 10.1. The molecule has 0 saturated carbocycles. The van der Waals surface area contributed by atoms with E-state index < -0.39 is 24.5 Å². The average Bonchev–Trinajstić information content (AvgIpc) is 3.20. The number of nitrogens with one attached hydrogen (secondary N) is 2. The zero-order valence-corrected chi connectivity index (χ0v) is 36.3. The number of hydrogen-bond acceptors (Lipinski definition) is 6. The Balaban J connectivity index is 4.36. The number of rotatable bonds is 41. The lowest BCUT2D eigenvalue weighted by molar-refractivity contribution is -0.147. The second-order valence-corrected chi connectivity index (χ2v) is 15.5. The summed E-state index contributed by atoms with van der Waals surface area (Å²) < 4.78 is 5.93. The topological polar surface area (TPSA) is 142 Å². The van der Waals surface area contributed by atoms with Crippen molar-refractivity contribution in [2.75, 3.05) is 13.2 Å². The van der Waals surface area contributed by atoms with Gasteiger partial charge in [-0.25, -0.2) is 4.79 Å². The van der Waals surface area contributed by atoms with Crippen LogP contribution >= 0.6 is 0 Å². The molecule has 0 aliphatic carbocycles. The van der Waals surface area contributed by atoms with Crippen molar-refractivity contribution < 1.29 is 34.1 Å². The third-order valence-electron chi connectivity index (χ3n) is 10.0. The molecule has 2 unspecified atom stereocenters. The molecule has 4 N–H and O–H groups in total. The molecule has 0 fully saturated rings. The van der Waals surface area contributed by atoms with Crippen molar-refractivity contribution in [3.05, 3.63) is 48.6 Å². The van der Waals surface area contributed by atoms with Crippen LogP contribution < -0.4 is 10.6 Å². The molecule has 0 aromatic heterocycles. The van der Waals surface area contributed by atoms with Crippen molar-refractivity contribution in [2.45, 2.75) is 219 Å². The molecule has 0 bridgehead atoms. The summed E-state index contributed by atoms with van der Waals surface area (Å²) in [5, 5.41) is 22.5. The van der Waals surface area contributed by atoms with Gasteiger partial charge < -0.3 is 25.6 Å². The Bertz CT molecular complexity index is 1100. The van der Waals surface area contributed by atoms with Gasteiger partial charge in [-0.2, -0.15) is 0 Å². The molecule has 0 spiro atoms. The van der Waals surface area contributed by atoms with Gasteiger partial charge in [0.25, 0.3) is 0 Å². The molecule has 0 aliphatic rings. The lowest BCUT2D eigenvalue weighted by Gasteiger charge is -2.15. The minimum atomic E-state index is -1.39. The first-order valence-electron chi connectivity index (χ1n) is 23.0. The van der Waals surface area contributed by atoms with Crippen molar-refractivity contribution in [1.82, 2.24) is 10.6 Å². The van der Waals surface area contributed by atoms with Gasteiger partial charge in [-0.1, -0.05) is 159 Å². The van der Waals surface area contributed by atoms with Gasteiger partial charge in [-0.15, -0.1) is 0 Å². The molecule has 0 radical (unpaired) electrons. The molecule has 0 aromatic rings. The standard InChI is InChI=1S/C48H84N2O7/c1-3-5-7-9-11-13-15-16-17-18-19-20-21-23-25-27-32-36-40-47(54)57-43(37-33-29-26-24-22-14-12-10-8-6-4-2)38-34-30-28-31-35-39-45(52)49-41-46(53)50-44(42-51)48(55)56/h12,14,17-18,24,26,33,37,43-44,51H,3-11,13,15-16,19-23,25,27-32,34-36,38-42H2,1-2H3,(H,49,52)(H,50,53)(H,55,56)/b14-12-,18-17-,26-24-,37-33-. The monoisotopic (exact) mass is 801 g/mol. The second kappa shape index (κ2) is 42.4. The first-order chi connectivity index (χ1) is 27.8. The van der Waals surface area contributed by atoms with E-state index >= 15 is 0 Å². The van der Waals surface area contributed by atoms with Crippen LogP contribution in [0.5, 0.6) is 0 Å². The molecular weight excluding hydrogens is 717 g/mol. The fraction of sp³-hybridized carbons (Fsp3) is 0.750. The Morgan fingerprint density at radius 1 is 0.544 bits per heavy atom. The number of unbranched alkanes of at least 4 members (excludes halogenated alkanes) is 21. The van der Waals surface area contributed by atoms with Crippen molar-refractivity contribution in [3.63, 3.8) is 0 Å². The van der Waals surface area contributed by atoms with Crippen molar-refractivity contribution >= 4 is 23.8 Å². The highest BCUT2D eigenvalue weighted by Crippen LogP contribution is 2.15. The molecule has 0 saturated heterocycles. The molecular formula is C48H84N2O7.